The van der Waals surface area contributed by atoms with Crippen molar-refractivity contribution in [3.63, 3.8) is 0 Å². The maximum absolute atomic E-state index is 13.2. The van der Waals surface area contributed by atoms with E-state index in [0.717, 1.165) is 17.4 Å². The lowest BCUT2D eigenvalue weighted by Gasteiger charge is -2.16. The molecule has 1 heterocycles. The number of carbonyl (C=O) groups is 3. The molecule has 1 aliphatic rings. The number of nitrogens with one attached hydrogen (secondary N) is 2. The third-order valence-electron chi connectivity index (χ3n) is 4.16. The summed E-state index contributed by atoms with van der Waals surface area (Å²) in [4.78, 5) is 38.0. The number of carbonyl (C=O) groups excluding carboxylic acids is 3. The van der Waals surface area contributed by atoms with Crippen LogP contribution in [0.15, 0.2) is 48.5 Å². The number of hydrazine groups is 1. The lowest BCUT2D eigenvalue weighted by molar-refractivity contribution is -0.121. The highest BCUT2D eigenvalue weighted by Gasteiger charge is 2.39. The standard InChI is InChI=1S/C20H20FN3O4/c1-2-10-28-16-8-6-15(7-9-16)24-18(25)12-17(20(24)27)22-23-19(26)13-4-3-5-14(21)11-13/h3-9,11,17,22H,2,10,12H2,1H3,(H,23,26). The van der Waals surface area contributed by atoms with Crippen molar-refractivity contribution in [1.82, 2.24) is 10.9 Å². The SMILES string of the molecule is CCCOc1ccc(N2C(=O)CC(NNC(=O)c3cccc(F)c3)C2=O)cc1. The van der Waals surface area contributed by atoms with E-state index in [1.165, 1.54) is 18.2 Å². The van der Waals surface area contributed by atoms with Gasteiger partial charge in [-0.3, -0.25) is 19.8 Å². The van der Waals surface area contributed by atoms with Crippen molar-refractivity contribution in [2.45, 2.75) is 25.8 Å². The van der Waals surface area contributed by atoms with E-state index in [9.17, 15) is 18.8 Å². The molecule has 1 unspecified atom stereocenters. The van der Waals surface area contributed by atoms with Gasteiger partial charge in [-0.1, -0.05) is 13.0 Å². The summed E-state index contributed by atoms with van der Waals surface area (Å²) in [5.74, 6) is -1.36. The molecule has 0 bridgehead atoms. The molecule has 0 saturated carbocycles. The highest BCUT2D eigenvalue weighted by molar-refractivity contribution is 6.22. The third kappa shape index (κ3) is 4.34. The smallest absolute Gasteiger partial charge is 0.265 e. The van der Waals surface area contributed by atoms with Gasteiger partial charge in [0.15, 0.2) is 0 Å². The number of hydrogen-bond donors (Lipinski definition) is 2. The molecule has 1 saturated heterocycles. The Morgan fingerprint density at radius 3 is 2.64 bits per heavy atom. The summed E-state index contributed by atoms with van der Waals surface area (Å²) in [6, 6.07) is 10.9. The minimum absolute atomic E-state index is 0.101. The summed E-state index contributed by atoms with van der Waals surface area (Å²) in [5, 5.41) is 0. The van der Waals surface area contributed by atoms with E-state index in [1.807, 2.05) is 6.92 Å². The summed E-state index contributed by atoms with van der Waals surface area (Å²) < 4.78 is 18.7. The van der Waals surface area contributed by atoms with Crippen molar-refractivity contribution in [2.24, 2.45) is 0 Å². The van der Waals surface area contributed by atoms with Gasteiger partial charge in [-0.05, 0) is 48.9 Å². The number of ether oxygens (including phenoxy) is 1. The number of benzene rings is 2. The van der Waals surface area contributed by atoms with Gasteiger partial charge in [-0.2, -0.15) is 0 Å². The van der Waals surface area contributed by atoms with Crippen LogP contribution in [0.2, 0.25) is 0 Å². The second-order valence-electron chi connectivity index (χ2n) is 6.28. The van der Waals surface area contributed by atoms with Gasteiger partial charge < -0.3 is 4.74 Å². The summed E-state index contributed by atoms with van der Waals surface area (Å²) in [6.07, 6.45) is 0.774. The van der Waals surface area contributed by atoms with Gasteiger partial charge in [0.2, 0.25) is 5.91 Å². The van der Waals surface area contributed by atoms with Gasteiger partial charge in [-0.15, -0.1) is 0 Å². The van der Waals surface area contributed by atoms with Gasteiger partial charge in [0.05, 0.1) is 18.7 Å². The molecule has 2 N–H and O–H groups in total. The third-order valence-corrected chi connectivity index (χ3v) is 4.16. The fraction of sp³-hybridized carbons (Fsp3) is 0.250. The molecule has 146 valence electrons. The Kier molecular flexibility index (Phi) is 6.00. The molecule has 0 aromatic heterocycles. The number of anilines is 1. The van der Waals surface area contributed by atoms with Crippen molar-refractivity contribution >= 4 is 23.4 Å². The van der Waals surface area contributed by atoms with Gasteiger partial charge in [-0.25, -0.2) is 14.7 Å². The van der Waals surface area contributed by atoms with Crippen LogP contribution in [0, 0.1) is 5.82 Å². The van der Waals surface area contributed by atoms with E-state index in [4.69, 9.17) is 4.74 Å². The Balaban J connectivity index is 1.62. The molecule has 2 aromatic rings. The first-order chi connectivity index (χ1) is 13.5. The molecular formula is C20H20FN3O4. The minimum Gasteiger partial charge on any atom is -0.494 e. The quantitative estimate of drug-likeness (QED) is 0.564. The first-order valence-electron chi connectivity index (χ1n) is 8.90. The lowest BCUT2D eigenvalue weighted by Crippen LogP contribution is -2.48. The van der Waals surface area contributed by atoms with Crippen molar-refractivity contribution in [2.75, 3.05) is 11.5 Å². The first kappa shape index (κ1) is 19.5. The molecular weight excluding hydrogens is 365 g/mol. The molecule has 8 heteroatoms. The van der Waals surface area contributed by atoms with Crippen LogP contribution in [0.5, 0.6) is 5.75 Å². The molecule has 0 aliphatic carbocycles. The van der Waals surface area contributed by atoms with Gasteiger partial charge in [0.1, 0.15) is 17.6 Å². The highest BCUT2D eigenvalue weighted by Crippen LogP contribution is 2.25. The average Bonchev–Trinajstić information content (AvgIpc) is 2.98. The summed E-state index contributed by atoms with van der Waals surface area (Å²) in [6.45, 7) is 2.58. The predicted molar refractivity (Wildman–Crippen MR) is 100 cm³/mol. The molecule has 28 heavy (non-hydrogen) atoms. The van der Waals surface area contributed by atoms with E-state index in [-0.39, 0.29) is 17.9 Å². The van der Waals surface area contributed by atoms with Crippen LogP contribution in [0.25, 0.3) is 0 Å². The lowest BCUT2D eigenvalue weighted by atomic mass is 10.2. The number of halogens is 1. The molecule has 3 amide bonds. The molecule has 0 spiro atoms. The van der Waals surface area contributed by atoms with Crippen LogP contribution in [0.1, 0.15) is 30.1 Å². The fourth-order valence-electron chi connectivity index (χ4n) is 2.78. The summed E-state index contributed by atoms with van der Waals surface area (Å²) in [5.41, 5.74) is 5.44. The molecule has 7 nitrogen and oxygen atoms in total. The molecule has 2 aromatic carbocycles. The van der Waals surface area contributed by atoms with Crippen LogP contribution in [-0.2, 0) is 9.59 Å². The van der Waals surface area contributed by atoms with Crippen molar-refractivity contribution < 1.29 is 23.5 Å². The van der Waals surface area contributed by atoms with Crippen LogP contribution in [0.4, 0.5) is 10.1 Å². The molecule has 1 atom stereocenters. The zero-order valence-electron chi connectivity index (χ0n) is 15.3. The van der Waals surface area contributed by atoms with E-state index >= 15 is 0 Å². The second kappa shape index (κ2) is 8.62. The van der Waals surface area contributed by atoms with Crippen LogP contribution < -0.4 is 20.5 Å². The number of nitrogens with zero attached hydrogens (tertiary/aromatic N) is 1. The van der Waals surface area contributed by atoms with Gasteiger partial charge >= 0.3 is 0 Å². The average molecular weight is 385 g/mol. The van der Waals surface area contributed by atoms with Crippen molar-refractivity contribution in [3.8, 4) is 5.75 Å². The largest absolute Gasteiger partial charge is 0.494 e. The van der Waals surface area contributed by atoms with E-state index in [1.54, 1.807) is 24.3 Å². The summed E-state index contributed by atoms with van der Waals surface area (Å²) >= 11 is 0. The van der Waals surface area contributed by atoms with Crippen LogP contribution in [0.3, 0.4) is 0 Å². The van der Waals surface area contributed by atoms with Gasteiger partial charge in [0.25, 0.3) is 11.8 Å². The Bertz CT molecular complexity index is 885. The Labute approximate surface area is 161 Å². The van der Waals surface area contributed by atoms with Crippen molar-refractivity contribution in [3.05, 3.63) is 59.9 Å². The number of hydrogen-bond acceptors (Lipinski definition) is 5. The maximum Gasteiger partial charge on any atom is 0.265 e. The number of rotatable bonds is 7. The minimum atomic E-state index is -0.902. The van der Waals surface area contributed by atoms with E-state index in [0.29, 0.717) is 18.0 Å². The molecule has 0 radical (unpaired) electrons. The zero-order valence-corrected chi connectivity index (χ0v) is 15.3. The fourth-order valence-corrected chi connectivity index (χ4v) is 2.78. The molecule has 1 aliphatic heterocycles. The second-order valence-corrected chi connectivity index (χ2v) is 6.28. The Morgan fingerprint density at radius 2 is 1.96 bits per heavy atom. The van der Waals surface area contributed by atoms with Crippen LogP contribution in [-0.4, -0.2) is 30.4 Å². The normalized spacial score (nSPS) is 16.4. The molecule has 3 rings (SSSR count). The van der Waals surface area contributed by atoms with E-state index in [2.05, 4.69) is 10.9 Å². The predicted octanol–water partition coefficient (Wildman–Crippen LogP) is 2.18. The molecule has 1 fully saturated rings. The zero-order chi connectivity index (χ0) is 20.1. The first-order valence-corrected chi connectivity index (χ1v) is 8.90. The maximum atomic E-state index is 13.2. The van der Waals surface area contributed by atoms with Crippen LogP contribution >= 0.6 is 0 Å². The van der Waals surface area contributed by atoms with E-state index < -0.39 is 23.7 Å². The van der Waals surface area contributed by atoms with Crippen molar-refractivity contribution in [1.29, 1.82) is 0 Å². The Hall–Kier alpha value is -3.26. The number of amides is 3. The topological polar surface area (TPSA) is 87.7 Å². The Morgan fingerprint density at radius 1 is 1.21 bits per heavy atom. The number of imide groups is 1. The highest BCUT2D eigenvalue weighted by atomic mass is 19.1. The summed E-state index contributed by atoms with van der Waals surface area (Å²) in [7, 11) is 0. The van der Waals surface area contributed by atoms with Gasteiger partial charge in [0, 0.05) is 5.56 Å². The monoisotopic (exact) mass is 385 g/mol.